The van der Waals surface area contributed by atoms with E-state index in [1.54, 1.807) is 39.0 Å². The predicted octanol–water partition coefficient (Wildman–Crippen LogP) is 3.82. The average Bonchev–Trinajstić information content (AvgIpc) is 3.24. The number of hydrogen-bond acceptors (Lipinski definition) is 5. The van der Waals surface area contributed by atoms with Gasteiger partial charge in [-0.2, -0.15) is 0 Å². The Morgan fingerprint density at radius 3 is 2.33 bits per heavy atom. The molecule has 1 spiro atoms. The van der Waals surface area contributed by atoms with Crippen molar-refractivity contribution in [3.05, 3.63) is 53.6 Å². The van der Waals surface area contributed by atoms with E-state index in [4.69, 9.17) is 16.3 Å². The van der Waals surface area contributed by atoms with E-state index in [1.807, 2.05) is 52.0 Å². The topological polar surface area (TPSA) is 90.4 Å². The number of ether oxygens (including phenoxy) is 1. The van der Waals surface area contributed by atoms with E-state index >= 15 is 0 Å². The van der Waals surface area contributed by atoms with Crippen molar-refractivity contribution in [3.8, 4) is 0 Å². The molecule has 8 nitrogen and oxygen atoms in total. The highest BCUT2D eigenvalue weighted by atomic mass is 35.5. The summed E-state index contributed by atoms with van der Waals surface area (Å²) in [7, 11) is 0. The van der Waals surface area contributed by atoms with Crippen LogP contribution in [-0.4, -0.2) is 82.2 Å². The second kappa shape index (κ2) is 11.0. The van der Waals surface area contributed by atoms with Gasteiger partial charge < -0.3 is 24.5 Å². The SMILES string of the molecule is CCCN1CC=C[C@@]2(CC)O[C@]34C=CCN(c5ccc(Cl)cc5)C(=O)C3N([C@@H](CO)[C@@H](C)CC)C(=O)[C@@H]4[C@H]2C1=O. The van der Waals surface area contributed by atoms with Crippen LogP contribution in [0.15, 0.2) is 48.6 Å². The molecule has 3 amide bonds. The first-order valence-corrected chi connectivity index (χ1v) is 14.9. The fourth-order valence-corrected chi connectivity index (χ4v) is 7.37. The van der Waals surface area contributed by atoms with Crippen molar-refractivity contribution in [2.75, 3.05) is 31.1 Å². The van der Waals surface area contributed by atoms with Crippen molar-refractivity contribution >= 4 is 35.0 Å². The Labute approximate surface area is 241 Å². The highest BCUT2D eigenvalue weighted by Crippen LogP contribution is 2.59. The molecule has 7 atom stereocenters. The van der Waals surface area contributed by atoms with Gasteiger partial charge in [0.15, 0.2) is 0 Å². The van der Waals surface area contributed by atoms with Gasteiger partial charge in [-0.3, -0.25) is 14.4 Å². The van der Waals surface area contributed by atoms with Gasteiger partial charge in [0.25, 0.3) is 5.91 Å². The third-order valence-electron chi connectivity index (χ3n) is 9.44. The summed E-state index contributed by atoms with van der Waals surface area (Å²) in [4.78, 5) is 48.5. The van der Waals surface area contributed by atoms with Crippen LogP contribution in [0.2, 0.25) is 5.02 Å². The van der Waals surface area contributed by atoms with Gasteiger partial charge >= 0.3 is 0 Å². The first-order valence-electron chi connectivity index (χ1n) is 14.5. The standard InChI is InChI=1S/C31H40ClN3O5/c1-5-16-33-17-8-14-30(7-3)24(27(33)37)25-28(38)35(23(19-36)20(4)6-2)26-29(39)34(18-9-15-31(25,26)40-30)22-12-10-21(32)11-13-22/h8-15,20,23-26,36H,5-7,16-19H2,1-4H3/t20-,23-,24-,25-,26?,30+,31-/m0/s1. The highest BCUT2D eigenvalue weighted by Gasteiger charge is 2.76. The van der Waals surface area contributed by atoms with Crippen molar-refractivity contribution in [2.24, 2.45) is 17.8 Å². The number of aliphatic hydroxyl groups is 1. The minimum absolute atomic E-state index is 0.0777. The molecule has 4 heterocycles. The van der Waals surface area contributed by atoms with E-state index in [0.717, 1.165) is 6.42 Å². The van der Waals surface area contributed by atoms with Gasteiger partial charge in [-0.25, -0.2) is 0 Å². The van der Waals surface area contributed by atoms with Crippen molar-refractivity contribution in [2.45, 2.75) is 70.2 Å². The summed E-state index contributed by atoms with van der Waals surface area (Å²) in [5.41, 5.74) is -1.72. The zero-order chi connectivity index (χ0) is 28.8. The number of rotatable bonds is 8. The Hall–Kier alpha value is -2.68. The largest absolute Gasteiger partial charge is 0.394 e. The maximum atomic E-state index is 14.7. The number of hydrogen-bond donors (Lipinski definition) is 1. The molecule has 216 valence electrons. The fraction of sp³-hybridized carbons (Fsp3) is 0.581. The minimum Gasteiger partial charge on any atom is -0.394 e. The first-order chi connectivity index (χ1) is 19.2. The lowest BCUT2D eigenvalue weighted by molar-refractivity contribution is -0.153. The Kier molecular flexibility index (Phi) is 7.89. The number of halogens is 1. The third kappa shape index (κ3) is 4.22. The van der Waals surface area contributed by atoms with Gasteiger partial charge in [0.1, 0.15) is 11.6 Å². The lowest BCUT2D eigenvalue weighted by atomic mass is 9.73. The molecule has 1 aromatic rings. The van der Waals surface area contributed by atoms with E-state index in [9.17, 15) is 19.5 Å². The van der Waals surface area contributed by atoms with Crippen LogP contribution in [0, 0.1) is 17.8 Å². The number of amides is 3. The molecule has 5 rings (SSSR count). The van der Waals surface area contributed by atoms with Crippen molar-refractivity contribution < 1.29 is 24.2 Å². The number of anilines is 1. The lowest BCUT2D eigenvalue weighted by Crippen LogP contribution is -2.60. The Morgan fingerprint density at radius 1 is 1.00 bits per heavy atom. The van der Waals surface area contributed by atoms with Gasteiger partial charge in [-0.1, -0.05) is 70.0 Å². The molecule has 9 heteroatoms. The smallest absolute Gasteiger partial charge is 0.253 e. The number of carbonyl (C=O) groups excluding carboxylic acids is 3. The molecule has 1 N–H and O–H groups in total. The van der Waals surface area contributed by atoms with Crippen molar-refractivity contribution in [1.29, 1.82) is 0 Å². The number of aliphatic hydroxyl groups excluding tert-OH is 1. The molecule has 40 heavy (non-hydrogen) atoms. The molecular formula is C31H40ClN3O5. The highest BCUT2D eigenvalue weighted by molar-refractivity contribution is 6.30. The van der Waals surface area contributed by atoms with E-state index in [2.05, 4.69) is 0 Å². The summed E-state index contributed by atoms with van der Waals surface area (Å²) in [6.45, 7) is 8.98. The molecule has 4 aliphatic heterocycles. The molecule has 1 unspecified atom stereocenters. The fourth-order valence-electron chi connectivity index (χ4n) is 7.25. The average molecular weight is 570 g/mol. The zero-order valence-electron chi connectivity index (χ0n) is 23.8. The van der Waals surface area contributed by atoms with Gasteiger partial charge in [-0.05, 0) is 43.0 Å². The van der Waals surface area contributed by atoms with E-state index in [1.165, 1.54) is 0 Å². The normalized spacial score (nSPS) is 33.0. The van der Waals surface area contributed by atoms with Crippen LogP contribution in [0.25, 0.3) is 0 Å². The van der Waals surface area contributed by atoms with E-state index in [-0.39, 0.29) is 36.8 Å². The number of likely N-dealkylation sites (tertiary alicyclic amines) is 1. The lowest BCUT2D eigenvalue weighted by Gasteiger charge is -2.42. The van der Waals surface area contributed by atoms with Crippen LogP contribution in [-0.2, 0) is 19.1 Å². The Balaban J connectivity index is 1.70. The van der Waals surface area contributed by atoms with Crippen LogP contribution >= 0.6 is 11.6 Å². The molecule has 0 radical (unpaired) electrons. The molecular weight excluding hydrogens is 530 g/mol. The second-order valence-corrected chi connectivity index (χ2v) is 12.0. The second-order valence-electron chi connectivity index (χ2n) is 11.5. The quantitative estimate of drug-likeness (QED) is 0.481. The van der Waals surface area contributed by atoms with Gasteiger partial charge in [-0.15, -0.1) is 0 Å². The summed E-state index contributed by atoms with van der Waals surface area (Å²) in [5.74, 6) is -2.47. The number of benzene rings is 1. The maximum Gasteiger partial charge on any atom is 0.253 e. The number of nitrogens with zero attached hydrogens (tertiary/aromatic N) is 3. The third-order valence-corrected chi connectivity index (χ3v) is 9.69. The Bertz CT molecular complexity index is 1220. The predicted molar refractivity (Wildman–Crippen MR) is 154 cm³/mol. The molecule has 0 saturated carbocycles. The molecule has 0 bridgehead atoms. The summed E-state index contributed by atoms with van der Waals surface area (Å²) in [5, 5.41) is 11.1. The van der Waals surface area contributed by atoms with Crippen LogP contribution in [0.5, 0.6) is 0 Å². The molecule has 2 saturated heterocycles. The zero-order valence-corrected chi connectivity index (χ0v) is 24.5. The van der Waals surface area contributed by atoms with Crippen LogP contribution in [0.1, 0.15) is 47.0 Å². The van der Waals surface area contributed by atoms with Crippen molar-refractivity contribution in [3.63, 3.8) is 0 Å². The van der Waals surface area contributed by atoms with E-state index in [0.29, 0.717) is 36.6 Å². The van der Waals surface area contributed by atoms with Crippen LogP contribution < -0.4 is 4.90 Å². The van der Waals surface area contributed by atoms with Crippen LogP contribution in [0.3, 0.4) is 0 Å². The van der Waals surface area contributed by atoms with Crippen molar-refractivity contribution in [1.82, 2.24) is 9.80 Å². The summed E-state index contributed by atoms with van der Waals surface area (Å²) >= 11 is 6.14. The van der Waals surface area contributed by atoms with Gasteiger partial charge in [0, 0.05) is 30.3 Å². The molecule has 1 aromatic carbocycles. The molecule has 0 aliphatic carbocycles. The number of fused-ring (bicyclic) bond motifs is 2. The first kappa shape index (κ1) is 28.8. The number of carbonyl (C=O) groups is 3. The summed E-state index contributed by atoms with van der Waals surface area (Å²) in [6, 6.07) is 5.38. The maximum absolute atomic E-state index is 14.7. The molecule has 0 aromatic heterocycles. The van der Waals surface area contributed by atoms with E-state index < -0.39 is 35.1 Å². The molecule has 2 fully saturated rings. The van der Waals surface area contributed by atoms with Gasteiger partial charge in [0.05, 0.1) is 30.1 Å². The summed E-state index contributed by atoms with van der Waals surface area (Å²) in [6.07, 6.45) is 9.63. The Morgan fingerprint density at radius 2 is 1.70 bits per heavy atom. The van der Waals surface area contributed by atoms with Crippen LogP contribution in [0.4, 0.5) is 5.69 Å². The summed E-state index contributed by atoms with van der Waals surface area (Å²) < 4.78 is 7.02. The van der Waals surface area contributed by atoms with Gasteiger partial charge in [0.2, 0.25) is 11.8 Å². The monoisotopic (exact) mass is 569 g/mol. The molecule has 4 aliphatic rings. The minimum atomic E-state index is -1.36.